The zero-order valence-corrected chi connectivity index (χ0v) is 14.2. The average Bonchev–Trinajstić information content (AvgIpc) is 2.59. The van der Waals surface area contributed by atoms with E-state index in [1.54, 1.807) is 0 Å². The molecule has 0 saturated carbocycles. The van der Waals surface area contributed by atoms with Gasteiger partial charge in [0.1, 0.15) is 0 Å². The molecule has 1 heterocycles. The van der Waals surface area contributed by atoms with E-state index in [0.717, 1.165) is 25.8 Å². The molecule has 4 heteroatoms. The summed E-state index contributed by atoms with van der Waals surface area (Å²) in [5.74, 6) is 0.253. The van der Waals surface area contributed by atoms with Gasteiger partial charge >= 0.3 is 0 Å². The fraction of sp³-hybridized carbons (Fsp3) is 0.421. The summed E-state index contributed by atoms with van der Waals surface area (Å²) in [6.07, 6.45) is 4.74. The minimum Gasteiger partial charge on any atom is -0.338 e. The van der Waals surface area contributed by atoms with Crippen molar-refractivity contribution in [3.05, 3.63) is 48.0 Å². The zero-order valence-electron chi connectivity index (χ0n) is 13.4. The molecular formula is C19H25ClN2O. The van der Waals surface area contributed by atoms with Crippen LogP contribution in [0.4, 0.5) is 0 Å². The van der Waals surface area contributed by atoms with Gasteiger partial charge in [-0.25, -0.2) is 0 Å². The molecule has 1 aliphatic heterocycles. The Morgan fingerprint density at radius 2 is 1.91 bits per heavy atom. The van der Waals surface area contributed by atoms with Crippen molar-refractivity contribution in [3.63, 3.8) is 0 Å². The lowest BCUT2D eigenvalue weighted by atomic mass is 10.00. The summed E-state index contributed by atoms with van der Waals surface area (Å²) in [6, 6.07) is 15.0. The Bertz CT molecular complexity index is 659. The average molecular weight is 333 g/mol. The van der Waals surface area contributed by atoms with Gasteiger partial charge in [-0.1, -0.05) is 42.5 Å². The molecular weight excluding hydrogens is 308 g/mol. The highest BCUT2D eigenvalue weighted by Crippen LogP contribution is 2.19. The maximum atomic E-state index is 12.5. The number of halogens is 1. The zero-order chi connectivity index (χ0) is 15.4. The summed E-state index contributed by atoms with van der Waals surface area (Å²) in [5.41, 5.74) is 7.04. The molecule has 0 spiro atoms. The second-order valence-electron chi connectivity index (χ2n) is 6.15. The van der Waals surface area contributed by atoms with E-state index in [9.17, 15) is 4.79 Å². The minimum atomic E-state index is 0. The first-order chi connectivity index (χ1) is 10.8. The molecule has 1 unspecified atom stereocenters. The van der Waals surface area contributed by atoms with Crippen molar-refractivity contribution in [2.24, 2.45) is 5.73 Å². The SMILES string of the molecule is Cl.NCC1CCCCN1C(=O)CCc1ccc2ccccc2c1. The van der Waals surface area contributed by atoms with Crippen LogP contribution < -0.4 is 5.73 Å². The van der Waals surface area contributed by atoms with Crippen LogP contribution in [0.15, 0.2) is 42.5 Å². The van der Waals surface area contributed by atoms with Crippen molar-refractivity contribution < 1.29 is 4.79 Å². The highest BCUT2D eigenvalue weighted by molar-refractivity contribution is 5.85. The van der Waals surface area contributed by atoms with Gasteiger partial charge in [-0.3, -0.25) is 4.79 Å². The fourth-order valence-electron chi connectivity index (χ4n) is 3.36. The molecule has 124 valence electrons. The van der Waals surface area contributed by atoms with Crippen LogP contribution in [-0.2, 0) is 11.2 Å². The van der Waals surface area contributed by atoms with Gasteiger partial charge in [0.2, 0.25) is 5.91 Å². The van der Waals surface area contributed by atoms with Crippen molar-refractivity contribution in [2.45, 2.75) is 38.1 Å². The lowest BCUT2D eigenvalue weighted by molar-refractivity contribution is -0.134. The third kappa shape index (κ3) is 4.24. The van der Waals surface area contributed by atoms with Crippen molar-refractivity contribution in [1.29, 1.82) is 0 Å². The fourth-order valence-corrected chi connectivity index (χ4v) is 3.36. The first kappa shape index (κ1) is 17.8. The maximum absolute atomic E-state index is 12.5. The number of hydrogen-bond acceptors (Lipinski definition) is 2. The number of benzene rings is 2. The largest absolute Gasteiger partial charge is 0.338 e. The summed E-state index contributed by atoms with van der Waals surface area (Å²) < 4.78 is 0. The van der Waals surface area contributed by atoms with Crippen LogP contribution in [0.2, 0.25) is 0 Å². The van der Waals surface area contributed by atoms with E-state index in [-0.39, 0.29) is 24.4 Å². The number of piperidine rings is 1. The highest BCUT2D eigenvalue weighted by atomic mass is 35.5. The number of fused-ring (bicyclic) bond motifs is 1. The Kier molecular flexibility index (Phi) is 6.43. The molecule has 1 amide bonds. The van der Waals surface area contributed by atoms with Crippen LogP contribution in [0.3, 0.4) is 0 Å². The van der Waals surface area contributed by atoms with Gasteiger partial charge < -0.3 is 10.6 Å². The first-order valence-corrected chi connectivity index (χ1v) is 8.25. The van der Waals surface area contributed by atoms with Crippen LogP contribution in [0.1, 0.15) is 31.2 Å². The molecule has 0 aromatic heterocycles. The molecule has 1 atom stereocenters. The van der Waals surface area contributed by atoms with Crippen molar-refractivity contribution in [2.75, 3.05) is 13.1 Å². The lowest BCUT2D eigenvalue weighted by Crippen LogP contribution is -2.47. The standard InChI is InChI=1S/C19H24N2O.ClH/c20-14-18-7-3-4-12-21(18)19(22)11-9-15-8-10-16-5-1-2-6-17(16)13-15;/h1-2,5-6,8,10,13,18H,3-4,7,9,11-12,14,20H2;1H. The molecule has 3 nitrogen and oxygen atoms in total. The number of amides is 1. The second-order valence-corrected chi connectivity index (χ2v) is 6.15. The second kappa shape index (κ2) is 8.32. The Balaban J connectivity index is 0.00000192. The summed E-state index contributed by atoms with van der Waals surface area (Å²) in [7, 11) is 0. The van der Waals surface area contributed by atoms with E-state index in [0.29, 0.717) is 13.0 Å². The monoisotopic (exact) mass is 332 g/mol. The predicted octanol–water partition coefficient (Wildman–Crippen LogP) is 3.53. The van der Waals surface area contributed by atoms with Crippen molar-refractivity contribution in [1.82, 2.24) is 4.90 Å². The topological polar surface area (TPSA) is 46.3 Å². The molecule has 1 saturated heterocycles. The van der Waals surface area contributed by atoms with E-state index >= 15 is 0 Å². The molecule has 2 aromatic rings. The molecule has 0 bridgehead atoms. The van der Waals surface area contributed by atoms with Crippen molar-refractivity contribution in [3.8, 4) is 0 Å². The lowest BCUT2D eigenvalue weighted by Gasteiger charge is -2.35. The van der Waals surface area contributed by atoms with Crippen LogP contribution >= 0.6 is 12.4 Å². The number of carbonyl (C=O) groups is 1. The molecule has 3 rings (SSSR count). The van der Waals surface area contributed by atoms with Gasteiger partial charge in [0.05, 0.1) is 0 Å². The molecule has 0 radical (unpaired) electrons. The van der Waals surface area contributed by atoms with E-state index < -0.39 is 0 Å². The number of likely N-dealkylation sites (tertiary alicyclic amines) is 1. The number of nitrogens with zero attached hydrogens (tertiary/aromatic N) is 1. The quantitative estimate of drug-likeness (QED) is 0.931. The molecule has 1 fully saturated rings. The molecule has 23 heavy (non-hydrogen) atoms. The van der Waals surface area contributed by atoms with Gasteiger partial charge in [-0.15, -0.1) is 12.4 Å². The molecule has 2 N–H and O–H groups in total. The minimum absolute atomic E-state index is 0. The summed E-state index contributed by atoms with van der Waals surface area (Å²) in [6.45, 7) is 1.46. The van der Waals surface area contributed by atoms with Crippen LogP contribution in [0, 0.1) is 0 Å². The van der Waals surface area contributed by atoms with Gasteiger partial charge in [-0.05, 0) is 42.0 Å². The Hall–Kier alpha value is -1.58. The van der Waals surface area contributed by atoms with Crippen LogP contribution in [-0.4, -0.2) is 29.9 Å². The van der Waals surface area contributed by atoms with Crippen molar-refractivity contribution >= 4 is 29.1 Å². The summed E-state index contributed by atoms with van der Waals surface area (Å²) in [5, 5.41) is 2.49. The number of nitrogens with two attached hydrogens (primary N) is 1. The number of rotatable bonds is 4. The number of hydrogen-bond donors (Lipinski definition) is 1. The summed E-state index contributed by atoms with van der Waals surface area (Å²) >= 11 is 0. The molecule has 0 aliphatic carbocycles. The van der Waals surface area contributed by atoms with E-state index in [1.807, 2.05) is 4.90 Å². The smallest absolute Gasteiger partial charge is 0.223 e. The van der Waals surface area contributed by atoms with E-state index in [1.165, 1.54) is 22.8 Å². The van der Waals surface area contributed by atoms with E-state index in [4.69, 9.17) is 5.73 Å². The number of carbonyl (C=O) groups excluding carboxylic acids is 1. The number of aryl methyl sites for hydroxylation is 1. The molecule has 2 aromatic carbocycles. The van der Waals surface area contributed by atoms with Gasteiger partial charge in [0, 0.05) is 25.6 Å². The van der Waals surface area contributed by atoms with Crippen LogP contribution in [0.5, 0.6) is 0 Å². The summed E-state index contributed by atoms with van der Waals surface area (Å²) in [4.78, 5) is 14.5. The first-order valence-electron chi connectivity index (χ1n) is 8.25. The third-order valence-corrected chi connectivity index (χ3v) is 4.66. The Morgan fingerprint density at radius 1 is 1.13 bits per heavy atom. The third-order valence-electron chi connectivity index (χ3n) is 4.66. The predicted molar refractivity (Wildman–Crippen MR) is 97.9 cm³/mol. The Labute approximate surface area is 144 Å². The van der Waals surface area contributed by atoms with Crippen LogP contribution in [0.25, 0.3) is 10.8 Å². The Morgan fingerprint density at radius 3 is 2.70 bits per heavy atom. The normalized spacial score (nSPS) is 17.8. The van der Waals surface area contributed by atoms with Gasteiger partial charge in [0.25, 0.3) is 0 Å². The highest BCUT2D eigenvalue weighted by Gasteiger charge is 2.24. The van der Waals surface area contributed by atoms with Gasteiger partial charge in [-0.2, -0.15) is 0 Å². The maximum Gasteiger partial charge on any atom is 0.223 e. The van der Waals surface area contributed by atoms with Gasteiger partial charge in [0.15, 0.2) is 0 Å². The molecule has 1 aliphatic rings. The van der Waals surface area contributed by atoms with E-state index in [2.05, 4.69) is 42.5 Å².